The first-order valence-corrected chi connectivity index (χ1v) is 5.06. The topological polar surface area (TPSA) is 45.5 Å². The molecule has 84 valence electrons. The van der Waals surface area contributed by atoms with Gasteiger partial charge in [0.15, 0.2) is 0 Å². The summed E-state index contributed by atoms with van der Waals surface area (Å²) in [5, 5.41) is 9.95. The number of para-hydroxylation sites is 1. The molecule has 4 heteroatoms. The fourth-order valence-electron chi connectivity index (χ4n) is 1.87. The minimum atomic E-state index is -0.909. The third-order valence-corrected chi connectivity index (χ3v) is 2.71. The monoisotopic (exact) mass is 218 g/mol. The number of amides is 1. The van der Waals surface area contributed by atoms with Crippen molar-refractivity contribution in [3.63, 3.8) is 0 Å². The maximum absolute atomic E-state index is 10.8. The molecular formula is C12H14N2O2. The summed E-state index contributed by atoms with van der Waals surface area (Å²) in [5.41, 5.74) is 2.15. The van der Waals surface area contributed by atoms with Gasteiger partial charge in [-0.1, -0.05) is 18.2 Å². The van der Waals surface area contributed by atoms with Gasteiger partial charge in [0.05, 0.1) is 6.54 Å². The molecule has 0 unspecified atom stereocenters. The molecule has 1 aromatic heterocycles. The van der Waals surface area contributed by atoms with Gasteiger partial charge in [0.1, 0.15) is 0 Å². The lowest BCUT2D eigenvalue weighted by Gasteiger charge is -2.11. The first-order valence-electron chi connectivity index (χ1n) is 5.06. The van der Waals surface area contributed by atoms with Crippen molar-refractivity contribution in [3.8, 4) is 0 Å². The van der Waals surface area contributed by atoms with Crippen LogP contribution in [0.3, 0.4) is 0 Å². The number of hydrogen-bond donors (Lipinski definition) is 1. The Hall–Kier alpha value is -1.97. The zero-order valence-corrected chi connectivity index (χ0v) is 9.34. The van der Waals surface area contributed by atoms with E-state index in [1.165, 1.54) is 4.90 Å². The highest BCUT2D eigenvalue weighted by atomic mass is 16.4. The summed E-state index contributed by atoms with van der Waals surface area (Å²) in [6, 6.07) is 7.99. The Morgan fingerprint density at radius 1 is 1.44 bits per heavy atom. The molecule has 2 aromatic rings. The largest absolute Gasteiger partial charge is 0.465 e. The average Bonchev–Trinajstić information content (AvgIpc) is 2.57. The van der Waals surface area contributed by atoms with Crippen molar-refractivity contribution in [1.29, 1.82) is 0 Å². The molecule has 0 saturated carbocycles. The minimum Gasteiger partial charge on any atom is -0.465 e. The lowest BCUT2D eigenvalue weighted by atomic mass is 10.2. The molecule has 1 aromatic carbocycles. The normalized spacial score (nSPS) is 10.6. The molecule has 4 nitrogen and oxygen atoms in total. The standard InChI is InChI=1S/C12H14N2O2/c1-13-7-9(8-14(2)12(15)16)10-5-3-4-6-11(10)13/h3-7H,8H2,1-2H3,(H,15,16). The molecule has 0 aliphatic carbocycles. The molecule has 1 N–H and O–H groups in total. The molecule has 2 rings (SSSR count). The van der Waals surface area contributed by atoms with Crippen molar-refractivity contribution >= 4 is 17.0 Å². The predicted octanol–water partition coefficient (Wildman–Crippen LogP) is 2.29. The summed E-state index contributed by atoms with van der Waals surface area (Å²) >= 11 is 0. The van der Waals surface area contributed by atoms with Crippen LogP contribution in [0.2, 0.25) is 0 Å². The summed E-state index contributed by atoms with van der Waals surface area (Å²) < 4.78 is 2.01. The molecule has 0 radical (unpaired) electrons. The van der Waals surface area contributed by atoms with Gasteiger partial charge in [0.25, 0.3) is 0 Å². The highest BCUT2D eigenvalue weighted by Gasteiger charge is 2.11. The van der Waals surface area contributed by atoms with E-state index in [0.29, 0.717) is 6.54 Å². The van der Waals surface area contributed by atoms with Gasteiger partial charge in [-0.2, -0.15) is 0 Å². The summed E-state index contributed by atoms with van der Waals surface area (Å²) in [6.07, 6.45) is 1.07. The number of fused-ring (bicyclic) bond motifs is 1. The fourth-order valence-corrected chi connectivity index (χ4v) is 1.87. The van der Waals surface area contributed by atoms with E-state index in [4.69, 9.17) is 5.11 Å². The lowest BCUT2D eigenvalue weighted by molar-refractivity contribution is 0.154. The van der Waals surface area contributed by atoms with Gasteiger partial charge in [0.2, 0.25) is 0 Å². The van der Waals surface area contributed by atoms with Crippen molar-refractivity contribution in [2.24, 2.45) is 7.05 Å². The number of rotatable bonds is 2. The molecule has 0 aliphatic heterocycles. The van der Waals surface area contributed by atoms with E-state index >= 15 is 0 Å². The molecule has 0 aliphatic rings. The highest BCUT2D eigenvalue weighted by Crippen LogP contribution is 2.21. The zero-order valence-electron chi connectivity index (χ0n) is 9.34. The smallest absolute Gasteiger partial charge is 0.407 e. The number of aryl methyl sites for hydroxylation is 1. The number of benzene rings is 1. The summed E-state index contributed by atoms with van der Waals surface area (Å²) in [7, 11) is 3.54. The zero-order chi connectivity index (χ0) is 11.7. The Balaban J connectivity index is 2.42. The first kappa shape index (κ1) is 10.5. The second kappa shape index (κ2) is 3.89. The van der Waals surface area contributed by atoms with Crippen LogP contribution in [0.25, 0.3) is 10.9 Å². The van der Waals surface area contributed by atoms with Crippen LogP contribution in [0, 0.1) is 0 Å². The number of carboxylic acid groups (broad SMARTS) is 1. The van der Waals surface area contributed by atoms with Crippen LogP contribution >= 0.6 is 0 Å². The predicted molar refractivity (Wildman–Crippen MR) is 62.4 cm³/mol. The Morgan fingerprint density at radius 2 is 2.12 bits per heavy atom. The average molecular weight is 218 g/mol. The van der Waals surface area contributed by atoms with Crippen LogP contribution in [0.1, 0.15) is 5.56 Å². The summed E-state index contributed by atoms with van der Waals surface area (Å²) in [5.74, 6) is 0. The van der Waals surface area contributed by atoms with E-state index in [1.54, 1.807) is 7.05 Å². The Morgan fingerprint density at radius 3 is 2.81 bits per heavy atom. The minimum absolute atomic E-state index is 0.413. The molecule has 1 heterocycles. The lowest BCUT2D eigenvalue weighted by Crippen LogP contribution is -2.23. The van der Waals surface area contributed by atoms with Crippen molar-refractivity contribution < 1.29 is 9.90 Å². The van der Waals surface area contributed by atoms with E-state index in [1.807, 2.05) is 42.1 Å². The molecule has 0 bridgehead atoms. The van der Waals surface area contributed by atoms with Gasteiger partial charge >= 0.3 is 6.09 Å². The van der Waals surface area contributed by atoms with Crippen molar-refractivity contribution in [2.75, 3.05) is 7.05 Å². The molecule has 16 heavy (non-hydrogen) atoms. The maximum atomic E-state index is 10.8. The summed E-state index contributed by atoms with van der Waals surface area (Å²) in [6.45, 7) is 0.413. The molecule has 0 atom stereocenters. The SMILES string of the molecule is CN(Cc1cn(C)c2ccccc12)C(=O)O. The van der Waals surface area contributed by atoms with Crippen LogP contribution in [0.4, 0.5) is 4.79 Å². The van der Waals surface area contributed by atoms with Crippen LogP contribution < -0.4 is 0 Å². The van der Waals surface area contributed by atoms with Crippen molar-refractivity contribution in [2.45, 2.75) is 6.54 Å². The number of hydrogen-bond acceptors (Lipinski definition) is 1. The number of nitrogens with zero attached hydrogens (tertiary/aromatic N) is 2. The molecule has 0 fully saturated rings. The van der Waals surface area contributed by atoms with E-state index in [9.17, 15) is 4.79 Å². The molecular weight excluding hydrogens is 204 g/mol. The van der Waals surface area contributed by atoms with Gasteiger partial charge in [-0.15, -0.1) is 0 Å². The first-order chi connectivity index (χ1) is 7.59. The second-order valence-corrected chi connectivity index (χ2v) is 3.92. The molecule has 1 amide bonds. The van der Waals surface area contributed by atoms with Gasteiger partial charge in [0, 0.05) is 31.2 Å². The second-order valence-electron chi connectivity index (χ2n) is 3.92. The molecule has 0 saturated heterocycles. The number of carbonyl (C=O) groups is 1. The van der Waals surface area contributed by atoms with E-state index < -0.39 is 6.09 Å². The van der Waals surface area contributed by atoms with E-state index in [-0.39, 0.29) is 0 Å². The summed E-state index contributed by atoms with van der Waals surface area (Å²) in [4.78, 5) is 12.0. The van der Waals surface area contributed by atoms with Crippen molar-refractivity contribution in [1.82, 2.24) is 9.47 Å². The van der Waals surface area contributed by atoms with Crippen LogP contribution in [-0.4, -0.2) is 27.7 Å². The van der Waals surface area contributed by atoms with E-state index in [2.05, 4.69) is 0 Å². The molecule has 0 spiro atoms. The van der Waals surface area contributed by atoms with Crippen LogP contribution in [0.5, 0.6) is 0 Å². The van der Waals surface area contributed by atoms with Gasteiger partial charge in [-0.25, -0.2) is 4.79 Å². The highest BCUT2D eigenvalue weighted by molar-refractivity contribution is 5.84. The Kier molecular flexibility index (Phi) is 2.56. The third-order valence-electron chi connectivity index (χ3n) is 2.71. The maximum Gasteiger partial charge on any atom is 0.407 e. The van der Waals surface area contributed by atoms with E-state index in [0.717, 1.165) is 16.5 Å². The van der Waals surface area contributed by atoms with Gasteiger partial charge in [-0.3, -0.25) is 0 Å². The number of aromatic nitrogens is 1. The Labute approximate surface area is 93.7 Å². The van der Waals surface area contributed by atoms with Crippen LogP contribution in [0.15, 0.2) is 30.5 Å². The third kappa shape index (κ3) is 1.74. The van der Waals surface area contributed by atoms with Gasteiger partial charge < -0.3 is 14.6 Å². The van der Waals surface area contributed by atoms with Crippen molar-refractivity contribution in [3.05, 3.63) is 36.0 Å². The van der Waals surface area contributed by atoms with Gasteiger partial charge in [-0.05, 0) is 11.6 Å². The van der Waals surface area contributed by atoms with Crippen LogP contribution in [-0.2, 0) is 13.6 Å². The fraction of sp³-hybridized carbons (Fsp3) is 0.250. The quantitative estimate of drug-likeness (QED) is 0.840. The Bertz CT molecular complexity index is 531.